The molecule has 3 aromatic heterocycles. The van der Waals surface area contributed by atoms with Crippen molar-refractivity contribution in [3.05, 3.63) is 99.0 Å². The molecule has 7 heteroatoms. The highest BCUT2D eigenvalue weighted by atomic mass is 32.2. The van der Waals surface area contributed by atoms with E-state index in [9.17, 15) is 13.2 Å². The fourth-order valence-electron chi connectivity index (χ4n) is 3.04. The van der Waals surface area contributed by atoms with E-state index in [1.807, 2.05) is 24.3 Å². The van der Waals surface area contributed by atoms with Gasteiger partial charge < -0.3 is 0 Å². The van der Waals surface area contributed by atoms with Crippen LogP contribution in [0.2, 0.25) is 0 Å². The third-order valence-corrected chi connectivity index (χ3v) is 6.72. The second-order valence-electron chi connectivity index (χ2n) is 6.89. The molecule has 0 aliphatic heterocycles. The maximum Gasteiger partial charge on any atom is 0.259 e. The molecule has 3 heterocycles. The number of thiazole rings is 1. The monoisotopic (exact) mass is 434 g/mol. The average molecular weight is 435 g/mol. The number of fused-ring (bicyclic) bond motifs is 1. The molecule has 1 aromatic carbocycles. The number of pyridine rings is 2. The van der Waals surface area contributed by atoms with Crippen LogP contribution in [0, 0.1) is 11.8 Å². The van der Waals surface area contributed by atoms with E-state index in [1.165, 1.54) is 17.6 Å². The summed E-state index contributed by atoms with van der Waals surface area (Å²) in [6.45, 7) is 0. The fourth-order valence-corrected chi connectivity index (χ4v) is 4.55. The zero-order chi connectivity index (χ0) is 21.1. The van der Waals surface area contributed by atoms with E-state index in [4.69, 9.17) is 0 Å². The zero-order valence-corrected chi connectivity index (χ0v) is 17.8. The minimum atomic E-state index is -3.23. The number of sulfone groups is 1. The minimum absolute atomic E-state index is 0.0851. The summed E-state index contributed by atoms with van der Waals surface area (Å²) in [5.41, 5.74) is 2.54. The summed E-state index contributed by atoms with van der Waals surface area (Å²) >= 11 is 1.48. The molecule has 4 aromatic rings. The van der Waals surface area contributed by atoms with E-state index in [0.717, 1.165) is 20.8 Å². The summed E-state index contributed by atoms with van der Waals surface area (Å²) in [5.74, 6) is 6.27. The molecule has 0 fully saturated rings. The molecule has 0 aliphatic carbocycles. The molecule has 0 unspecified atom stereocenters. The van der Waals surface area contributed by atoms with E-state index < -0.39 is 9.84 Å². The third-order valence-electron chi connectivity index (χ3n) is 4.62. The molecule has 4 rings (SSSR count). The van der Waals surface area contributed by atoms with Crippen molar-refractivity contribution in [3.8, 4) is 11.8 Å². The van der Waals surface area contributed by atoms with Gasteiger partial charge in [-0.05, 0) is 41.5 Å². The lowest BCUT2D eigenvalue weighted by molar-refractivity contribution is 0.602. The molecule has 0 amide bonds. The first-order valence-electron chi connectivity index (χ1n) is 9.21. The molecule has 0 N–H and O–H groups in total. The molecule has 5 nitrogen and oxygen atoms in total. The number of rotatable bonds is 4. The van der Waals surface area contributed by atoms with Gasteiger partial charge in [0.15, 0.2) is 9.84 Å². The van der Waals surface area contributed by atoms with Gasteiger partial charge in [-0.3, -0.25) is 14.2 Å². The lowest BCUT2D eigenvalue weighted by Crippen LogP contribution is -2.16. The fraction of sp³-hybridized carbons (Fsp3) is 0.130. The molecule has 0 saturated carbocycles. The van der Waals surface area contributed by atoms with Gasteiger partial charge in [-0.2, -0.15) is 0 Å². The molecule has 30 heavy (non-hydrogen) atoms. The van der Waals surface area contributed by atoms with Gasteiger partial charge in [0.25, 0.3) is 5.56 Å². The molecule has 0 spiro atoms. The van der Waals surface area contributed by atoms with Crippen LogP contribution >= 0.6 is 11.3 Å². The normalized spacial score (nSPS) is 11.2. The highest BCUT2D eigenvalue weighted by Crippen LogP contribution is 2.18. The Bertz CT molecular complexity index is 1420. The van der Waals surface area contributed by atoms with E-state index in [1.54, 1.807) is 47.3 Å². The van der Waals surface area contributed by atoms with Crippen molar-refractivity contribution in [2.45, 2.75) is 17.7 Å². The van der Waals surface area contributed by atoms with Gasteiger partial charge in [0, 0.05) is 43.3 Å². The molecular formula is C23H18N2O3S2. The summed E-state index contributed by atoms with van der Waals surface area (Å²) < 4.78 is 24.8. The lowest BCUT2D eigenvalue weighted by atomic mass is 10.1. The Morgan fingerprint density at radius 1 is 1.00 bits per heavy atom. The predicted octanol–water partition coefficient (Wildman–Crippen LogP) is 3.34. The van der Waals surface area contributed by atoms with Gasteiger partial charge in [-0.1, -0.05) is 30.0 Å². The van der Waals surface area contributed by atoms with Gasteiger partial charge in [0.05, 0.1) is 9.77 Å². The summed E-state index contributed by atoms with van der Waals surface area (Å²) in [5, 5.41) is 0. The number of hydrogen-bond donors (Lipinski definition) is 0. The quantitative estimate of drug-likeness (QED) is 0.462. The smallest absolute Gasteiger partial charge is 0.259 e. The molecule has 0 bridgehead atoms. The van der Waals surface area contributed by atoms with Crippen LogP contribution in [0.1, 0.15) is 21.6 Å². The maximum atomic E-state index is 12.9. The van der Waals surface area contributed by atoms with Gasteiger partial charge >= 0.3 is 0 Å². The van der Waals surface area contributed by atoms with Crippen molar-refractivity contribution in [1.82, 2.24) is 9.38 Å². The summed E-state index contributed by atoms with van der Waals surface area (Å²) in [7, 11) is -3.23. The van der Waals surface area contributed by atoms with Crippen molar-refractivity contribution in [2.24, 2.45) is 0 Å². The Labute approximate surface area is 178 Å². The third kappa shape index (κ3) is 4.51. The highest BCUT2D eigenvalue weighted by Gasteiger charge is 2.10. The van der Waals surface area contributed by atoms with Crippen molar-refractivity contribution < 1.29 is 8.42 Å². The Morgan fingerprint density at radius 2 is 1.73 bits per heavy atom. The van der Waals surface area contributed by atoms with Crippen LogP contribution in [-0.2, 0) is 22.7 Å². The van der Waals surface area contributed by atoms with Crippen molar-refractivity contribution >= 4 is 26.0 Å². The number of nitrogens with zero attached hydrogens (tertiary/aromatic N) is 2. The van der Waals surface area contributed by atoms with E-state index in [0.29, 0.717) is 18.4 Å². The van der Waals surface area contributed by atoms with Crippen molar-refractivity contribution in [3.63, 3.8) is 0 Å². The van der Waals surface area contributed by atoms with Gasteiger partial charge in [-0.15, -0.1) is 11.3 Å². The van der Waals surface area contributed by atoms with Gasteiger partial charge in [0.1, 0.15) is 4.83 Å². The summed E-state index contributed by atoms with van der Waals surface area (Å²) in [6, 6.07) is 14.2. The van der Waals surface area contributed by atoms with Crippen LogP contribution in [0.15, 0.2) is 76.8 Å². The first kappa shape index (κ1) is 20.1. The molecule has 0 aliphatic rings. The van der Waals surface area contributed by atoms with E-state index in [-0.39, 0.29) is 10.5 Å². The molecule has 0 radical (unpaired) electrons. The Morgan fingerprint density at radius 3 is 2.43 bits per heavy atom. The largest absolute Gasteiger partial charge is 0.273 e. The Balaban J connectivity index is 1.56. The molecule has 0 saturated heterocycles. The standard InChI is InChI=1S/C23H18N2O3S2/c1-30(27,28)21-8-5-18(6-9-21)15-19-7-10-22-25(23(19)26)16-20(29-22)4-2-3-17-11-13-24-14-12-17/h5-14,16H,3,15H2,1H3. The number of hydrogen-bond acceptors (Lipinski definition) is 5. The van der Waals surface area contributed by atoms with Crippen LogP contribution in [0.5, 0.6) is 0 Å². The van der Waals surface area contributed by atoms with Crippen LogP contribution < -0.4 is 5.56 Å². The first-order valence-corrected chi connectivity index (χ1v) is 11.9. The van der Waals surface area contributed by atoms with Crippen LogP contribution in [0.3, 0.4) is 0 Å². The molecular weight excluding hydrogens is 416 g/mol. The van der Waals surface area contributed by atoms with Crippen molar-refractivity contribution in [1.29, 1.82) is 0 Å². The first-order chi connectivity index (χ1) is 14.4. The van der Waals surface area contributed by atoms with E-state index in [2.05, 4.69) is 16.8 Å². The van der Waals surface area contributed by atoms with E-state index >= 15 is 0 Å². The van der Waals surface area contributed by atoms with Gasteiger partial charge in [0.2, 0.25) is 0 Å². The van der Waals surface area contributed by atoms with Crippen LogP contribution in [0.25, 0.3) is 4.83 Å². The SMILES string of the molecule is CS(=O)(=O)c1ccc(Cc2ccc3sc(C#CCc4ccncc4)cn3c2=O)cc1. The highest BCUT2D eigenvalue weighted by molar-refractivity contribution is 7.90. The lowest BCUT2D eigenvalue weighted by Gasteiger charge is -2.04. The predicted molar refractivity (Wildman–Crippen MR) is 119 cm³/mol. The van der Waals surface area contributed by atoms with Crippen LogP contribution in [-0.4, -0.2) is 24.1 Å². The molecule has 150 valence electrons. The zero-order valence-electron chi connectivity index (χ0n) is 16.2. The average Bonchev–Trinajstić information content (AvgIpc) is 3.15. The Kier molecular flexibility index (Phi) is 5.53. The summed E-state index contributed by atoms with van der Waals surface area (Å²) in [4.78, 5) is 18.8. The number of benzene rings is 1. The topological polar surface area (TPSA) is 68.5 Å². The number of aromatic nitrogens is 2. The van der Waals surface area contributed by atoms with Crippen molar-refractivity contribution in [2.75, 3.05) is 6.26 Å². The Hall–Kier alpha value is -3.21. The summed E-state index contributed by atoms with van der Waals surface area (Å²) in [6.07, 6.45) is 7.50. The van der Waals surface area contributed by atoms with Crippen LogP contribution in [0.4, 0.5) is 0 Å². The second-order valence-corrected chi connectivity index (χ2v) is 9.97. The van der Waals surface area contributed by atoms with Gasteiger partial charge in [-0.25, -0.2) is 8.42 Å². The maximum absolute atomic E-state index is 12.9. The second kappa shape index (κ2) is 8.27. The molecule has 0 atom stereocenters. The minimum Gasteiger partial charge on any atom is -0.273 e.